The lowest BCUT2D eigenvalue weighted by atomic mass is 10.1. The second kappa shape index (κ2) is 9.29. The molecule has 0 saturated carbocycles. The van der Waals surface area contributed by atoms with E-state index in [1.54, 1.807) is 6.26 Å². The molecule has 0 spiro atoms. The van der Waals surface area contributed by atoms with Gasteiger partial charge < -0.3 is 19.8 Å². The number of carbonyl (C=O) groups is 1. The number of oxazole rings is 1. The van der Waals surface area contributed by atoms with Gasteiger partial charge >= 0.3 is 12.2 Å². The van der Waals surface area contributed by atoms with E-state index in [0.717, 1.165) is 11.1 Å². The third-order valence-corrected chi connectivity index (χ3v) is 3.89. The van der Waals surface area contributed by atoms with Gasteiger partial charge in [-0.2, -0.15) is 13.2 Å². The van der Waals surface area contributed by atoms with E-state index >= 15 is 0 Å². The number of carbonyl (C=O) groups excluding carboxylic acids is 1. The number of halogens is 3. The Labute approximate surface area is 170 Å². The van der Waals surface area contributed by atoms with E-state index in [1.165, 1.54) is 18.3 Å². The van der Waals surface area contributed by atoms with Crippen LogP contribution in [0.5, 0.6) is 5.88 Å². The lowest BCUT2D eigenvalue weighted by molar-refractivity contribution is -0.154. The first-order chi connectivity index (χ1) is 14.3. The van der Waals surface area contributed by atoms with Crippen LogP contribution in [0.4, 0.5) is 23.7 Å². The molecule has 2 amide bonds. The van der Waals surface area contributed by atoms with E-state index in [4.69, 9.17) is 4.42 Å². The van der Waals surface area contributed by atoms with Crippen molar-refractivity contribution in [2.75, 3.05) is 18.5 Å². The maximum absolute atomic E-state index is 12.1. The molecule has 10 heteroatoms. The maximum atomic E-state index is 12.1. The highest BCUT2D eigenvalue weighted by Gasteiger charge is 2.28. The SMILES string of the molecule is Cc1ccc(-c2nc(CCNC(=O)Nc3ccc(OCC(F)(F)F)nc3)co2)cc1. The minimum absolute atomic E-state index is 0.186. The highest BCUT2D eigenvalue weighted by atomic mass is 19.4. The number of anilines is 1. The van der Waals surface area contributed by atoms with E-state index in [2.05, 4.69) is 25.3 Å². The molecule has 158 valence electrons. The zero-order valence-electron chi connectivity index (χ0n) is 16.0. The average molecular weight is 420 g/mol. The Bertz CT molecular complexity index is 970. The van der Waals surface area contributed by atoms with E-state index in [9.17, 15) is 18.0 Å². The number of ether oxygens (including phenoxy) is 1. The van der Waals surface area contributed by atoms with Gasteiger partial charge in [-0.15, -0.1) is 0 Å². The van der Waals surface area contributed by atoms with Crippen molar-refractivity contribution in [2.24, 2.45) is 0 Å². The van der Waals surface area contributed by atoms with Crippen LogP contribution in [-0.2, 0) is 6.42 Å². The fraction of sp³-hybridized carbons (Fsp3) is 0.250. The number of benzene rings is 1. The van der Waals surface area contributed by atoms with Crippen LogP contribution in [0.2, 0.25) is 0 Å². The van der Waals surface area contributed by atoms with Gasteiger partial charge in [0, 0.05) is 24.6 Å². The molecule has 0 atom stereocenters. The van der Waals surface area contributed by atoms with Gasteiger partial charge in [0.1, 0.15) is 6.26 Å². The first-order valence-electron chi connectivity index (χ1n) is 9.00. The number of alkyl halides is 3. The predicted octanol–water partition coefficient (Wildman–Crippen LogP) is 4.35. The number of aryl methyl sites for hydroxylation is 1. The van der Waals surface area contributed by atoms with Crippen molar-refractivity contribution in [1.82, 2.24) is 15.3 Å². The number of amides is 2. The van der Waals surface area contributed by atoms with Crippen molar-refractivity contribution in [3.63, 3.8) is 0 Å². The van der Waals surface area contributed by atoms with Gasteiger partial charge in [0.25, 0.3) is 0 Å². The number of nitrogens with zero attached hydrogens (tertiary/aromatic N) is 2. The molecule has 0 aliphatic carbocycles. The van der Waals surface area contributed by atoms with Gasteiger partial charge in [-0.05, 0) is 25.1 Å². The summed E-state index contributed by atoms with van der Waals surface area (Å²) >= 11 is 0. The molecule has 0 aliphatic heterocycles. The molecule has 0 aliphatic rings. The molecule has 0 fully saturated rings. The van der Waals surface area contributed by atoms with Crippen LogP contribution in [0.3, 0.4) is 0 Å². The molecule has 2 heterocycles. The van der Waals surface area contributed by atoms with E-state index < -0.39 is 18.8 Å². The number of rotatable bonds is 7. The molecule has 0 bridgehead atoms. The predicted molar refractivity (Wildman–Crippen MR) is 103 cm³/mol. The van der Waals surface area contributed by atoms with Gasteiger partial charge in [-0.3, -0.25) is 0 Å². The summed E-state index contributed by atoms with van der Waals surface area (Å²) in [6.45, 7) is 0.875. The first-order valence-corrected chi connectivity index (χ1v) is 9.00. The zero-order chi connectivity index (χ0) is 21.6. The van der Waals surface area contributed by atoms with Gasteiger partial charge in [-0.1, -0.05) is 17.7 Å². The summed E-state index contributed by atoms with van der Waals surface area (Å²) in [5.41, 5.74) is 3.01. The third-order valence-electron chi connectivity index (χ3n) is 3.89. The Balaban J connectivity index is 1.42. The van der Waals surface area contributed by atoms with Crippen LogP contribution >= 0.6 is 0 Å². The summed E-state index contributed by atoms with van der Waals surface area (Å²) in [5.74, 6) is 0.321. The molecular weight excluding hydrogens is 401 g/mol. The first kappa shape index (κ1) is 21.2. The highest BCUT2D eigenvalue weighted by molar-refractivity contribution is 5.89. The number of nitrogens with one attached hydrogen (secondary N) is 2. The molecule has 0 saturated heterocycles. The fourth-order valence-corrected chi connectivity index (χ4v) is 2.43. The van der Waals surface area contributed by atoms with Crippen LogP contribution in [0.15, 0.2) is 53.3 Å². The number of hydrogen-bond donors (Lipinski definition) is 2. The van der Waals surface area contributed by atoms with Crippen LogP contribution in [0, 0.1) is 6.92 Å². The molecule has 0 unspecified atom stereocenters. The van der Waals surface area contributed by atoms with Crippen LogP contribution < -0.4 is 15.4 Å². The minimum atomic E-state index is -4.44. The van der Waals surface area contributed by atoms with Crippen molar-refractivity contribution in [1.29, 1.82) is 0 Å². The van der Waals surface area contributed by atoms with Gasteiger partial charge in [0.2, 0.25) is 11.8 Å². The Hall–Kier alpha value is -3.56. The van der Waals surface area contributed by atoms with Crippen molar-refractivity contribution in [2.45, 2.75) is 19.5 Å². The number of aromatic nitrogens is 2. The zero-order valence-corrected chi connectivity index (χ0v) is 16.0. The van der Waals surface area contributed by atoms with Crippen LogP contribution in [0.1, 0.15) is 11.3 Å². The second-order valence-corrected chi connectivity index (χ2v) is 6.43. The Kier molecular flexibility index (Phi) is 6.55. The smallest absolute Gasteiger partial charge is 0.422 e. The maximum Gasteiger partial charge on any atom is 0.422 e. The summed E-state index contributed by atoms with van der Waals surface area (Å²) < 4.78 is 46.3. The number of hydrogen-bond acceptors (Lipinski definition) is 5. The molecule has 1 aromatic carbocycles. The Morgan fingerprint density at radius 1 is 1.17 bits per heavy atom. The minimum Gasteiger partial charge on any atom is -0.468 e. The number of urea groups is 1. The summed E-state index contributed by atoms with van der Waals surface area (Å²) in [6, 6.07) is 9.92. The topological polar surface area (TPSA) is 89.3 Å². The molecule has 0 radical (unpaired) electrons. The van der Waals surface area contributed by atoms with Crippen molar-refractivity contribution in [3.05, 3.63) is 60.1 Å². The summed E-state index contributed by atoms with van der Waals surface area (Å²) in [5, 5.41) is 5.19. The lowest BCUT2D eigenvalue weighted by Crippen LogP contribution is -2.30. The normalized spacial score (nSPS) is 11.2. The number of pyridine rings is 1. The van der Waals surface area contributed by atoms with Gasteiger partial charge in [-0.25, -0.2) is 14.8 Å². The van der Waals surface area contributed by atoms with Crippen LogP contribution in [0.25, 0.3) is 11.5 Å². The average Bonchev–Trinajstić information content (AvgIpc) is 3.16. The monoisotopic (exact) mass is 420 g/mol. The van der Waals surface area contributed by atoms with Crippen molar-refractivity contribution < 1.29 is 27.1 Å². The largest absolute Gasteiger partial charge is 0.468 e. The van der Waals surface area contributed by atoms with Gasteiger partial charge in [0.15, 0.2) is 6.61 Å². The van der Waals surface area contributed by atoms with E-state index in [-0.39, 0.29) is 5.88 Å². The van der Waals surface area contributed by atoms with Gasteiger partial charge in [0.05, 0.1) is 17.6 Å². The molecular formula is C20H19F3N4O3. The fourth-order valence-electron chi connectivity index (χ4n) is 2.43. The van der Waals surface area contributed by atoms with E-state index in [1.807, 2.05) is 31.2 Å². The highest BCUT2D eigenvalue weighted by Crippen LogP contribution is 2.19. The van der Waals surface area contributed by atoms with Crippen LogP contribution in [-0.4, -0.2) is 35.3 Å². The Morgan fingerprint density at radius 3 is 2.60 bits per heavy atom. The lowest BCUT2D eigenvalue weighted by Gasteiger charge is -2.09. The summed E-state index contributed by atoms with van der Waals surface area (Å²) in [4.78, 5) is 20.0. The summed E-state index contributed by atoms with van der Waals surface area (Å²) in [7, 11) is 0. The molecule has 30 heavy (non-hydrogen) atoms. The summed E-state index contributed by atoms with van der Waals surface area (Å²) in [6.07, 6.45) is -1.23. The molecule has 7 nitrogen and oxygen atoms in total. The molecule has 3 aromatic rings. The molecule has 3 rings (SSSR count). The second-order valence-electron chi connectivity index (χ2n) is 6.43. The molecule has 2 aromatic heterocycles. The van der Waals surface area contributed by atoms with Crippen molar-refractivity contribution >= 4 is 11.7 Å². The molecule has 2 N–H and O–H groups in total. The standard InChI is InChI=1S/C20H19F3N4O3/c1-13-2-4-14(5-3-13)18-26-16(11-29-18)8-9-24-19(28)27-15-6-7-17(25-10-15)30-12-20(21,22)23/h2-7,10-11H,8-9,12H2,1H3,(H2,24,27,28). The third kappa shape index (κ3) is 6.50. The van der Waals surface area contributed by atoms with Crippen molar-refractivity contribution in [3.8, 4) is 17.3 Å². The quantitative estimate of drug-likeness (QED) is 0.593. The van der Waals surface area contributed by atoms with E-state index in [0.29, 0.717) is 30.2 Å². The Morgan fingerprint density at radius 2 is 1.93 bits per heavy atom.